The number of nitrogens with one attached hydrogen (secondary N) is 2. The molecule has 3 saturated heterocycles. The summed E-state index contributed by atoms with van der Waals surface area (Å²) in [7, 11) is 1.56. The third-order valence-corrected chi connectivity index (χ3v) is 17.8. The number of imide groups is 1. The minimum absolute atomic E-state index is 0.0353. The summed E-state index contributed by atoms with van der Waals surface area (Å²) in [6, 6.07) is 14.2. The standard InChI is InChI=1S/C56H61ClF4N8O7/c1-29-44-42(25-40(59)48(57)47(44)46-37(52(62)72)12-13-41(49(46)60)75-21-20-70)76-56(29,34-6-4-3-5-7-34)28-63-35-10-8-31(9-11-35)54(73)68-26-32-22-36(23-33(32)27-68)67-17-14-30(15-18-67)45-39(58)24-38-51(50(45)61)66(2)65-53(38)69-19-16-43(71)64-55(69)74/h3-7,12-13,24-25,29-33,35-36,63,70H,8-11,14-23,26-28H2,1-2H3,(H2,62,72)(H,64,71,74)/t29-,31?,32-,33-,35?,56-/m0/s1. The Morgan fingerprint density at radius 2 is 1.63 bits per heavy atom. The van der Waals surface area contributed by atoms with Crippen molar-refractivity contribution in [3.05, 3.63) is 105 Å². The number of benzene rings is 4. The van der Waals surface area contributed by atoms with E-state index in [-0.39, 0.29) is 100 Å². The molecule has 2 saturated carbocycles. The molecule has 1 aromatic heterocycles. The zero-order chi connectivity index (χ0) is 53.3. The fourth-order valence-corrected chi connectivity index (χ4v) is 13.8. The third kappa shape index (κ3) is 9.03. The Bertz CT molecular complexity index is 3120. The number of ether oxygens (including phenoxy) is 2. The van der Waals surface area contributed by atoms with Gasteiger partial charge in [0.1, 0.15) is 29.5 Å². The quantitative estimate of drug-likeness (QED) is 0.0843. The summed E-state index contributed by atoms with van der Waals surface area (Å²) >= 11 is 6.73. The van der Waals surface area contributed by atoms with Gasteiger partial charge in [-0.25, -0.2) is 22.4 Å². The van der Waals surface area contributed by atoms with Crippen molar-refractivity contribution in [2.45, 2.75) is 94.2 Å². The number of piperidine rings is 1. The summed E-state index contributed by atoms with van der Waals surface area (Å²) < 4.78 is 78.2. The lowest BCUT2D eigenvalue weighted by Crippen LogP contribution is -2.49. The Morgan fingerprint density at radius 1 is 0.921 bits per heavy atom. The molecule has 5 heterocycles. The van der Waals surface area contributed by atoms with E-state index in [1.54, 1.807) is 7.05 Å². The van der Waals surface area contributed by atoms with Crippen molar-refractivity contribution in [2.75, 3.05) is 57.4 Å². The van der Waals surface area contributed by atoms with Gasteiger partial charge in [-0.15, -0.1) is 0 Å². The molecule has 0 unspecified atom stereocenters. The summed E-state index contributed by atoms with van der Waals surface area (Å²) in [5.41, 5.74) is 5.36. The molecule has 402 valence electrons. The van der Waals surface area contributed by atoms with Crippen LogP contribution < -0.4 is 30.7 Å². The third-order valence-electron chi connectivity index (χ3n) is 17.4. The van der Waals surface area contributed by atoms with Crippen molar-refractivity contribution in [3.8, 4) is 22.6 Å². The van der Waals surface area contributed by atoms with Gasteiger partial charge in [0.25, 0.3) is 0 Å². The molecule has 20 heteroatoms. The van der Waals surface area contributed by atoms with E-state index in [0.717, 1.165) is 44.3 Å². The lowest BCUT2D eigenvalue weighted by atomic mass is 9.77. The van der Waals surface area contributed by atoms with Gasteiger partial charge in [-0.1, -0.05) is 48.9 Å². The van der Waals surface area contributed by atoms with Crippen LogP contribution in [0.3, 0.4) is 0 Å². The van der Waals surface area contributed by atoms with Crippen LogP contribution in [0.4, 0.5) is 28.2 Å². The lowest BCUT2D eigenvalue weighted by Gasteiger charge is -2.38. The van der Waals surface area contributed by atoms with Crippen molar-refractivity contribution >= 4 is 52.1 Å². The molecule has 0 spiro atoms. The minimum Gasteiger partial charge on any atom is -0.488 e. The second kappa shape index (κ2) is 20.6. The van der Waals surface area contributed by atoms with Crippen LogP contribution in [-0.4, -0.2) is 113 Å². The second-order valence-electron chi connectivity index (χ2n) is 21.6. The summed E-state index contributed by atoms with van der Waals surface area (Å²) in [5.74, 6) is -4.61. The first-order valence-electron chi connectivity index (χ1n) is 26.4. The van der Waals surface area contributed by atoms with Gasteiger partial charge in [0, 0.05) is 91.9 Å². The van der Waals surface area contributed by atoms with Gasteiger partial charge >= 0.3 is 6.03 Å². The number of urea groups is 1. The maximum Gasteiger partial charge on any atom is 0.329 e. The minimum atomic E-state index is -1.13. The average Bonchev–Trinajstić information content (AvgIpc) is 4.25. The number of halogens is 5. The predicted molar refractivity (Wildman–Crippen MR) is 275 cm³/mol. The zero-order valence-corrected chi connectivity index (χ0v) is 43.1. The molecule has 6 aliphatic rings. The average molecular weight is 1070 g/mol. The number of aromatic nitrogens is 2. The molecule has 15 nitrogen and oxygen atoms in total. The molecule has 5 aromatic rings. The Morgan fingerprint density at radius 3 is 2.30 bits per heavy atom. The number of fused-ring (bicyclic) bond motifs is 3. The van der Waals surface area contributed by atoms with Crippen molar-refractivity contribution in [1.29, 1.82) is 0 Å². The molecule has 4 atom stereocenters. The number of rotatable bonds is 13. The number of aryl methyl sites for hydroxylation is 1. The molecule has 5 amide bonds. The fraction of sp³-hybridized carbons (Fsp3) is 0.482. The van der Waals surface area contributed by atoms with Gasteiger partial charge in [0.05, 0.1) is 22.6 Å². The van der Waals surface area contributed by atoms with Gasteiger partial charge in [0.15, 0.2) is 28.8 Å². The number of nitrogens with zero attached hydrogens (tertiary/aromatic N) is 5. The Kier molecular flexibility index (Phi) is 14.0. The molecule has 4 aliphatic heterocycles. The predicted octanol–water partition coefficient (Wildman–Crippen LogP) is 8.02. The Labute approximate surface area is 442 Å². The Hall–Kier alpha value is -6.28. The first kappa shape index (κ1) is 51.8. The van der Waals surface area contributed by atoms with E-state index in [4.69, 9.17) is 26.8 Å². The van der Waals surface area contributed by atoms with Gasteiger partial charge in [0.2, 0.25) is 17.7 Å². The van der Waals surface area contributed by atoms with Crippen molar-refractivity contribution < 1.29 is 51.3 Å². The number of nitrogens with two attached hydrogens (primary N) is 1. The molecule has 2 aliphatic carbocycles. The molecular weight excluding hydrogens is 1010 g/mol. The summed E-state index contributed by atoms with van der Waals surface area (Å²) in [6.45, 7) is 4.47. The maximum absolute atomic E-state index is 16.5. The molecule has 5 N–H and O–H groups in total. The fourth-order valence-electron chi connectivity index (χ4n) is 13.6. The van der Waals surface area contributed by atoms with Gasteiger partial charge < -0.3 is 35.4 Å². The molecule has 0 radical (unpaired) electrons. The highest BCUT2D eigenvalue weighted by molar-refractivity contribution is 6.34. The van der Waals surface area contributed by atoms with Crippen LogP contribution in [0.2, 0.25) is 5.02 Å². The van der Waals surface area contributed by atoms with Crippen LogP contribution in [0.25, 0.3) is 22.0 Å². The highest BCUT2D eigenvalue weighted by Gasteiger charge is 2.51. The maximum atomic E-state index is 16.5. The first-order chi connectivity index (χ1) is 36.6. The van der Waals surface area contributed by atoms with E-state index in [1.165, 1.54) is 33.8 Å². The topological polar surface area (TPSA) is 185 Å². The number of primary amides is 1. The van der Waals surface area contributed by atoms with Crippen molar-refractivity contribution in [1.82, 2.24) is 30.2 Å². The smallest absolute Gasteiger partial charge is 0.329 e. The Balaban J connectivity index is 0.705. The number of aliphatic hydroxyl groups excluding tert-OH is 1. The van der Waals surface area contributed by atoms with Crippen LogP contribution in [0.15, 0.2) is 54.6 Å². The summed E-state index contributed by atoms with van der Waals surface area (Å²) in [4.78, 5) is 57.0. The highest BCUT2D eigenvalue weighted by atomic mass is 35.5. The van der Waals surface area contributed by atoms with E-state index in [1.807, 2.05) is 37.3 Å². The van der Waals surface area contributed by atoms with E-state index >= 15 is 17.6 Å². The number of likely N-dealkylation sites (tertiary alicyclic amines) is 2. The van der Waals surface area contributed by atoms with Gasteiger partial charge in [-0.05, 0) is 106 Å². The molecule has 11 rings (SSSR count). The highest BCUT2D eigenvalue weighted by Crippen LogP contribution is 2.57. The van der Waals surface area contributed by atoms with Crippen molar-refractivity contribution in [2.24, 2.45) is 30.5 Å². The summed E-state index contributed by atoms with van der Waals surface area (Å²) in [5, 5.41) is 19.5. The van der Waals surface area contributed by atoms with Gasteiger partial charge in [-0.2, -0.15) is 5.10 Å². The number of hydrogen-bond acceptors (Lipinski definition) is 10. The lowest BCUT2D eigenvalue weighted by molar-refractivity contribution is -0.136. The molecule has 0 bridgehead atoms. The van der Waals surface area contributed by atoms with E-state index in [9.17, 15) is 24.3 Å². The number of anilines is 1. The van der Waals surface area contributed by atoms with E-state index < -0.39 is 64.3 Å². The zero-order valence-electron chi connectivity index (χ0n) is 42.4. The number of hydrogen-bond donors (Lipinski definition) is 4. The number of amides is 5. The second-order valence-corrected chi connectivity index (χ2v) is 22.0. The van der Waals surface area contributed by atoms with Crippen LogP contribution in [0.1, 0.15) is 104 Å². The first-order valence-corrected chi connectivity index (χ1v) is 26.8. The van der Waals surface area contributed by atoms with Crippen LogP contribution in [0.5, 0.6) is 11.5 Å². The normalized spacial score (nSPS) is 25.2. The van der Waals surface area contributed by atoms with Crippen LogP contribution in [0, 0.1) is 41.0 Å². The van der Waals surface area contributed by atoms with Crippen molar-refractivity contribution in [3.63, 3.8) is 0 Å². The largest absolute Gasteiger partial charge is 0.488 e. The molecular formula is C56H61ClF4N8O7. The van der Waals surface area contributed by atoms with E-state index in [0.29, 0.717) is 62.2 Å². The number of carbonyl (C=O) groups excluding carboxylic acids is 4. The van der Waals surface area contributed by atoms with Crippen LogP contribution in [-0.2, 0) is 22.2 Å². The molecule has 5 fully saturated rings. The summed E-state index contributed by atoms with van der Waals surface area (Å²) in [6.07, 6.45) is 6.08. The molecule has 4 aromatic carbocycles. The number of carbonyl (C=O) groups is 4. The monoisotopic (exact) mass is 1070 g/mol. The van der Waals surface area contributed by atoms with Gasteiger partial charge in [-0.3, -0.25) is 29.3 Å². The molecule has 76 heavy (non-hydrogen) atoms. The number of aliphatic hydroxyl groups is 1. The van der Waals surface area contributed by atoms with Crippen LogP contribution >= 0.6 is 11.6 Å². The van der Waals surface area contributed by atoms with E-state index in [2.05, 4.69) is 25.5 Å². The SMILES string of the molecule is C[C@H]1c2c(cc(F)c(Cl)c2-c2c(C(N)=O)ccc(OCCO)c2F)O[C@]1(CNC1CCC(C(=O)N2C[C@@H]3CC(N4CCC(c5c(F)cc6c(N7CCC(=O)NC7=O)nn(C)c6c5F)CC4)C[C@H]3C2)CC1)c1ccccc1.